The number of rotatable bonds is 5. The van der Waals surface area contributed by atoms with Crippen molar-refractivity contribution in [2.45, 2.75) is 6.92 Å². The molecule has 1 N–H and O–H groups in total. The van der Waals surface area contributed by atoms with Crippen LogP contribution >= 0.6 is 11.6 Å². The number of alkyl halides is 1. The Hall–Kier alpha value is -2.02. The van der Waals surface area contributed by atoms with Gasteiger partial charge in [-0.15, -0.1) is 21.8 Å². The first kappa shape index (κ1) is 15.0. The molecule has 0 bridgehead atoms. The smallest absolute Gasteiger partial charge is 0.362 e. The van der Waals surface area contributed by atoms with Crippen LogP contribution in [0, 0.1) is 5.95 Å². The van der Waals surface area contributed by atoms with E-state index < -0.39 is 23.4 Å². The molecule has 0 aliphatic rings. The first-order chi connectivity index (χ1) is 9.08. The minimum atomic E-state index is -0.862. The monoisotopic (exact) mass is 287 g/mol. The molecule has 0 atom stereocenters. The number of aromatic nitrogens is 1. The number of hydrogen-bond acceptors (Lipinski definition) is 6. The molecular formula is C11H11ClFN3O3. The third kappa shape index (κ3) is 4.63. The fourth-order valence-electron chi connectivity index (χ4n) is 1.04. The highest BCUT2D eigenvalue weighted by Crippen LogP contribution is 2.16. The van der Waals surface area contributed by atoms with E-state index in [1.54, 1.807) is 6.92 Å². The number of allylic oxidation sites excluding steroid dienone is 1. The van der Waals surface area contributed by atoms with Crippen LogP contribution in [0.3, 0.4) is 0 Å². The first-order valence-electron chi connectivity index (χ1n) is 5.27. The number of halogens is 2. The Bertz CT molecular complexity index is 520. The predicted molar refractivity (Wildman–Crippen MR) is 65.7 cm³/mol. The Morgan fingerprint density at radius 3 is 2.95 bits per heavy atom. The zero-order valence-electron chi connectivity index (χ0n) is 10.0. The molecule has 0 aliphatic heterocycles. The highest BCUT2D eigenvalue weighted by atomic mass is 35.5. The maximum atomic E-state index is 12.8. The van der Waals surface area contributed by atoms with Gasteiger partial charge in [-0.25, -0.2) is 9.78 Å². The molecule has 0 saturated heterocycles. The highest BCUT2D eigenvalue weighted by molar-refractivity contribution is 6.19. The molecule has 8 heteroatoms. The van der Waals surface area contributed by atoms with E-state index in [-0.39, 0.29) is 18.2 Å². The molecule has 1 heterocycles. The summed E-state index contributed by atoms with van der Waals surface area (Å²) in [7, 11) is 0. The van der Waals surface area contributed by atoms with Crippen LogP contribution < -0.4 is 0 Å². The standard InChI is InChI=1S/C11H11ClFN3O3/c1-2-19-11(18)10(8(17)6-12)16-15-7-3-4-14-9(13)5-7/h3-5,17H,2,6H2,1H3/b10-8-,16-15?. The van der Waals surface area contributed by atoms with E-state index in [9.17, 15) is 14.3 Å². The van der Waals surface area contributed by atoms with E-state index >= 15 is 0 Å². The van der Waals surface area contributed by atoms with E-state index in [1.165, 1.54) is 12.3 Å². The van der Waals surface area contributed by atoms with Gasteiger partial charge in [-0.05, 0) is 13.0 Å². The zero-order chi connectivity index (χ0) is 14.3. The minimum absolute atomic E-state index is 0.108. The Labute approximate surface area is 113 Å². The van der Waals surface area contributed by atoms with Gasteiger partial charge in [0.1, 0.15) is 5.76 Å². The van der Waals surface area contributed by atoms with Gasteiger partial charge < -0.3 is 9.84 Å². The molecule has 0 aliphatic carbocycles. The molecule has 0 amide bonds. The summed E-state index contributed by atoms with van der Waals surface area (Å²) in [5.74, 6) is -2.39. The van der Waals surface area contributed by atoms with Crippen molar-refractivity contribution in [1.29, 1.82) is 0 Å². The number of esters is 1. The molecule has 1 rings (SSSR count). The van der Waals surface area contributed by atoms with Crippen molar-refractivity contribution >= 4 is 23.3 Å². The lowest BCUT2D eigenvalue weighted by molar-refractivity contribution is -0.138. The van der Waals surface area contributed by atoms with E-state index in [1.807, 2.05) is 0 Å². The minimum Gasteiger partial charge on any atom is -0.508 e. The molecule has 0 fully saturated rings. The first-order valence-corrected chi connectivity index (χ1v) is 5.80. The van der Waals surface area contributed by atoms with Crippen LogP contribution in [0.25, 0.3) is 0 Å². The lowest BCUT2D eigenvalue weighted by atomic mass is 10.4. The van der Waals surface area contributed by atoms with Crippen molar-refractivity contribution in [3.8, 4) is 0 Å². The molecule has 0 saturated carbocycles. The van der Waals surface area contributed by atoms with Gasteiger partial charge in [0.2, 0.25) is 11.6 Å². The van der Waals surface area contributed by atoms with Crippen LogP contribution in [0.2, 0.25) is 0 Å². The van der Waals surface area contributed by atoms with E-state index in [0.29, 0.717) is 0 Å². The molecule has 1 aromatic rings. The summed E-state index contributed by atoms with van der Waals surface area (Å²) in [6.45, 7) is 1.71. The zero-order valence-corrected chi connectivity index (χ0v) is 10.8. The maximum absolute atomic E-state index is 12.8. The van der Waals surface area contributed by atoms with Gasteiger partial charge >= 0.3 is 5.97 Å². The summed E-state index contributed by atoms with van der Waals surface area (Å²) >= 11 is 5.41. The molecule has 0 radical (unpaired) electrons. The Kier molecular flexibility index (Phi) is 5.87. The summed E-state index contributed by atoms with van der Waals surface area (Å²) in [6, 6.07) is 2.40. The molecule has 102 valence electrons. The normalized spacial score (nSPS) is 12.4. The lowest BCUT2D eigenvalue weighted by Crippen LogP contribution is -2.09. The average Bonchev–Trinajstić information content (AvgIpc) is 2.39. The van der Waals surface area contributed by atoms with Crippen LogP contribution in [0.4, 0.5) is 10.1 Å². The van der Waals surface area contributed by atoms with E-state index in [2.05, 4.69) is 19.9 Å². The number of azo groups is 1. The van der Waals surface area contributed by atoms with Crippen molar-refractivity contribution in [3.05, 3.63) is 35.7 Å². The quantitative estimate of drug-likeness (QED) is 0.225. The molecule has 0 aromatic carbocycles. The maximum Gasteiger partial charge on any atom is 0.362 e. The number of carbonyl (C=O) groups excluding carboxylic acids is 1. The Balaban J connectivity index is 2.99. The number of pyridine rings is 1. The van der Waals surface area contributed by atoms with Crippen LogP contribution in [0.15, 0.2) is 40.0 Å². The molecule has 0 unspecified atom stereocenters. The highest BCUT2D eigenvalue weighted by Gasteiger charge is 2.16. The average molecular weight is 288 g/mol. The van der Waals surface area contributed by atoms with Gasteiger partial charge in [-0.2, -0.15) is 4.39 Å². The number of aliphatic hydroxyl groups is 1. The van der Waals surface area contributed by atoms with Crippen molar-refractivity contribution in [2.75, 3.05) is 12.5 Å². The number of carbonyl (C=O) groups is 1. The summed E-state index contributed by atoms with van der Waals surface area (Å²) in [5.41, 5.74) is -0.286. The Morgan fingerprint density at radius 2 is 2.37 bits per heavy atom. The summed E-state index contributed by atoms with van der Waals surface area (Å²) in [4.78, 5) is 14.8. The molecule has 0 spiro atoms. The summed E-state index contributed by atoms with van der Waals surface area (Å²) in [6.07, 6.45) is 1.19. The van der Waals surface area contributed by atoms with Gasteiger partial charge in [0.15, 0.2) is 0 Å². The fraction of sp³-hybridized carbons (Fsp3) is 0.273. The van der Waals surface area contributed by atoms with Crippen LogP contribution in [0.5, 0.6) is 0 Å². The Morgan fingerprint density at radius 1 is 1.63 bits per heavy atom. The van der Waals surface area contributed by atoms with Gasteiger partial charge in [0.25, 0.3) is 0 Å². The van der Waals surface area contributed by atoms with Crippen LogP contribution in [-0.2, 0) is 9.53 Å². The summed E-state index contributed by atoms with van der Waals surface area (Å²) < 4.78 is 17.5. The van der Waals surface area contributed by atoms with Crippen LogP contribution in [0.1, 0.15) is 6.92 Å². The molecule has 19 heavy (non-hydrogen) atoms. The van der Waals surface area contributed by atoms with Crippen LogP contribution in [-0.4, -0.2) is 28.5 Å². The number of aliphatic hydroxyl groups excluding tert-OH is 1. The second kappa shape index (κ2) is 7.42. The van der Waals surface area contributed by atoms with Crippen molar-refractivity contribution in [1.82, 2.24) is 4.98 Å². The summed E-state index contributed by atoms with van der Waals surface area (Å²) in [5, 5.41) is 16.6. The van der Waals surface area contributed by atoms with Gasteiger partial charge in [-0.3, -0.25) is 0 Å². The van der Waals surface area contributed by atoms with Crippen molar-refractivity contribution < 1.29 is 19.0 Å². The number of hydrogen-bond donors (Lipinski definition) is 1. The van der Waals surface area contributed by atoms with Gasteiger partial charge in [0.05, 0.1) is 18.2 Å². The topological polar surface area (TPSA) is 84.1 Å². The van der Waals surface area contributed by atoms with Crippen molar-refractivity contribution in [3.63, 3.8) is 0 Å². The number of nitrogens with zero attached hydrogens (tertiary/aromatic N) is 3. The second-order valence-electron chi connectivity index (χ2n) is 3.19. The van der Waals surface area contributed by atoms with E-state index in [0.717, 1.165) is 6.07 Å². The lowest BCUT2D eigenvalue weighted by Gasteiger charge is -2.02. The van der Waals surface area contributed by atoms with E-state index in [4.69, 9.17) is 11.6 Å². The molecule has 6 nitrogen and oxygen atoms in total. The van der Waals surface area contributed by atoms with Gasteiger partial charge in [0, 0.05) is 12.3 Å². The third-order valence-electron chi connectivity index (χ3n) is 1.84. The van der Waals surface area contributed by atoms with Crippen molar-refractivity contribution in [2.24, 2.45) is 10.2 Å². The SMILES string of the molecule is CCOC(=O)/C(N=Nc1ccnc(F)c1)=C(/O)CCl. The second-order valence-corrected chi connectivity index (χ2v) is 3.45. The largest absolute Gasteiger partial charge is 0.508 e. The molecule has 1 aromatic heterocycles. The van der Waals surface area contributed by atoms with Gasteiger partial charge in [-0.1, -0.05) is 0 Å². The predicted octanol–water partition coefficient (Wildman–Crippen LogP) is 2.88. The number of ether oxygens (including phenoxy) is 1. The third-order valence-corrected chi connectivity index (χ3v) is 2.10. The fourth-order valence-corrected chi connectivity index (χ4v) is 1.17. The molecular weight excluding hydrogens is 277 g/mol.